The van der Waals surface area contributed by atoms with Crippen molar-refractivity contribution in [2.75, 3.05) is 18.5 Å². The van der Waals surface area contributed by atoms with Crippen LogP contribution in [0.1, 0.15) is 24.0 Å². The molecule has 1 fully saturated rings. The minimum Gasteiger partial charge on any atom is -0.376 e. The summed E-state index contributed by atoms with van der Waals surface area (Å²) in [6, 6.07) is 6.30. The summed E-state index contributed by atoms with van der Waals surface area (Å²) >= 11 is 5.30. The molecule has 18 heavy (non-hydrogen) atoms. The van der Waals surface area contributed by atoms with Crippen molar-refractivity contribution in [3.05, 3.63) is 29.3 Å². The van der Waals surface area contributed by atoms with Gasteiger partial charge in [0.1, 0.15) is 0 Å². The summed E-state index contributed by atoms with van der Waals surface area (Å²) in [7, 11) is 0. The summed E-state index contributed by atoms with van der Waals surface area (Å²) in [4.78, 5) is 0. The smallest absolute Gasteiger partial charge is 0.170 e. The Bertz CT molecular complexity index is 428. The summed E-state index contributed by atoms with van der Waals surface area (Å²) in [5.41, 5.74) is 3.49. The third-order valence-corrected chi connectivity index (χ3v) is 3.40. The number of anilines is 1. The fourth-order valence-electron chi connectivity index (χ4n) is 2.05. The number of ether oxygens (including phenoxy) is 1. The molecule has 0 unspecified atom stereocenters. The number of aryl methyl sites for hydroxylation is 2. The van der Waals surface area contributed by atoms with Gasteiger partial charge in [0.05, 0.1) is 6.10 Å². The number of hydrogen-bond donors (Lipinski definition) is 2. The molecule has 2 rings (SSSR count). The maximum atomic E-state index is 5.55. The van der Waals surface area contributed by atoms with Gasteiger partial charge in [0.15, 0.2) is 5.11 Å². The number of rotatable bonds is 3. The fourth-order valence-corrected chi connectivity index (χ4v) is 2.24. The maximum absolute atomic E-state index is 5.55. The molecule has 0 saturated carbocycles. The molecular weight excluding hydrogens is 244 g/mol. The number of thiocarbonyl (C=S) groups is 1. The van der Waals surface area contributed by atoms with Crippen LogP contribution in [-0.2, 0) is 4.74 Å². The quantitative estimate of drug-likeness (QED) is 0.823. The Morgan fingerprint density at radius 3 is 3.00 bits per heavy atom. The molecule has 1 aliphatic rings. The maximum Gasteiger partial charge on any atom is 0.170 e. The van der Waals surface area contributed by atoms with E-state index in [1.165, 1.54) is 11.1 Å². The largest absolute Gasteiger partial charge is 0.376 e. The summed E-state index contributed by atoms with van der Waals surface area (Å²) in [6.45, 7) is 5.82. The standard InChI is InChI=1S/C14H20N2OS/c1-10-5-6-11(2)13(8-10)16-14(18)15-9-12-4-3-7-17-12/h5-6,8,12H,3-4,7,9H2,1-2H3,(H2,15,16,18)/t12-/m1/s1. The van der Waals surface area contributed by atoms with Crippen LogP contribution in [0.4, 0.5) is 5.69 Å². The number of nitrogens with one attached hydrogen (secondary N) is 2. The van der Waals surface area contributed by atoms with E-state index in [0.717, 1.165) is 31.7 Å². The van der Waals surface area contributed by atoms with E-state index in [0.29, 0.717) is 11.2 Å². The van der Waals surface area contributed by atoms with Crippen molar-refractivity contribution in [3.63, 3.8) is 0 Å². The van der Waals surface area contributed by atoms with E-state index < -0.39 is 0 Å². The predicted octanol–water partition coefficient (Wildman–Crippen LogP) is 2.77. The lowest BCUT2D eigenvalue weighted by molar-refractivity contribution is 0.114. The Kier molecular flexibility index (Phi) is 4.55. The van der Waals surface area contributed by atoms with Gasteiger partial charge in [-0.25, -0.2) is 0 Å². The normalized spacial score (nSPS) is 18.7. The highest BCUT2D eigenvalue weighted by atomic mass is 32.1. The highest BCUT2D eigenvalue weighted by Crippen LogP contribution is 2.16. The van der Waals surface area contributed by atoms with E-state index in [1.54, 1.807) is 0 Å². The Morgan fingerprint density at radius 2 is 2.28 bits per heavy atom. The zero-order chi connectivity index (χ0) is 13.0. The first-order chi connectivity index (χ1) is 8.65. The number of benzene rings is 1. The van der Waals surface area contributed by atoms with Gasteiger partial charge in [-0.15, -0.1) is 0 Å². The van der Waals surface area contributed by atoms with Gasteiger partial charge in [0.2, 0.25) is 0 Å². The van der Waals surface area contributed by atoms with Gasteiger partial charge in [-0.2, -0.15) is 0 Å². The molecule has 1 saturated heterocycles. The van der Waals surface area contributed by atoms with Crippen LogP contribution in [0.5, 0.6) is 0 Å². The molecule has 1 atom stereocenters. The summed E-state index contributed by atoms with van der Waals surface area (Å²) < 4.78 is 5.55. The van der Waals surface area contributed by atoms with E-state index in [9.17, 15) is 0 Å². The van der Waals surface area contributed by atoms with Crippen LogP contribution < -0.4 is 10.6 Å². The van der Waals surface area contributed by atoms with Crippen LogP contribution >= 0.6 is 12.2 Å². The SMILES string of the molecule is Cc1ccc(C)c(NC(=S)NC[C@H]2CCCO2)c1. The Hall–Kier alpha value is -1.13. The van der Waals surface area contributed by atoms with Crippen molar-refractivity contribution in [2.24, 2.45) is 0 Å². The van der Waals surface area contributed by atoms with Crippen molar-refractivity contribution in [1.82, 2.24) is 5.32 Å². The fraction of sp³-hybridized carbons (Fsp3) is 0.500. The molecule has 98 valence electrons. The zero-order valence-electron chi connectivity index (χ0n) is 11.0. The van der Waals surface area contributed by atoms with E-state index in [2.05, 4.69) is 42.7 Å². The number of hydrogen-bond acceptors (Lipinski definition) is 2. The van der Waals surface area contributed by atoms with Gasteiger partial charge >= 0.3 is 0 Å². The van der Waals surface area contributed by atoms with Gasteiger partial charge in [-0.1, -0.05) is 12.1 Å². The van der Waals surface area contributed by atoms with Crippen LogP contribution in [0.15, 0.2) is 18.2 Å². The molecule has 2 N–H and O–H groups in total. The topological polar surface area (TPSA) is 33.3 Å². The van der Waals surface area contributed by atoms with Crippen molar-refractivity contribution in [2.45, 2.75) is 32.8 Å². The second-order valence-corrected chi connectivity index (χ2v) is 5.20. The average molecular weight is 264 g/mol. The zero-order valence-corrected chi connectivity index (χ0v) is 11.8. The summed E-state index contributed by atoms with van der Waals surface area (Å²) in [5, 5.41) is 7.12. The molecule has 1 aromatic carbocycles. The molecule has 0 bridgehead atoms. The van der Waals surface area contributed by atoms with Crippen molar-refractivity contribution >= 4 is 23.0 Å². The average Bonchev–Trinajstić information content (AvgIpc) is 2.84. The monoisotopic (exact) mass is 264 g/mol. The van der Waals surface area contributed by atoms with E-state index in [-0.39, 0.29) is 0 Å². The lowest BCUT2D eigenvalue weighted by Gasteiger charge is -2.15. The first kappa shape index (κ1) is 13.3. The van der Waals surface area contributed by atoms with E-state index >= 15 is 0 Å². The van der Waals surface area contributed by atoms with Crippen LogP contribution in [0, 0.1) is 13.8 Å². The van der Waals surface area contributed by atoms with Crippen LogP contribution in [0.3, 0.4) is 0 Å². The van der Waals surface area contributed by atoms with E-state index in [4.69, 9.17) is 17.0 Å². The van der Waals surface area contributed by atoms with Crippen molar-refractivity contribution < 1.29 is 4.74 Å². The predicted molar refractivity (Wildman–Crippen MR) is 79.1 cm³/mol. The molecule has 0 spiro atoms. The Labute approximate surface area is 114 Å². The highest BCUT2D eigenvalue weighted by Gasteiger charge is 2.15. The Morgan fingerprint density at radius 1 is 1.44 bits per heavy atom. The first-order valence-electron chi connectivity index (χ1n) is 6.39. The molecule has 4 heteroatoms. The van der Waals surface area contributed by atoms with Crippen molar-refractivity contribution in [1.29, 1.82) is 0 Å². The highest BCUT2D eigenvalue weighted by molar-refractivity contribution is 7.80. The first-order valence-corrected chi connectivity index (χ1v) is 6.79. The van der Waals surface area contributed by atoms with Gasteiger partial charge in [0, 0.05) is 18.8 Å². The Balaban J connectivity index is 1.84. The van der Waals surface area contributed by atoms with Gasteiger partial charge in [-0.3, -0.25) is 0 Å². The van der Waals surface area contributed by atoms with E-state index in [1.807, 2.05) is 0 Å². The third-order valence-electron chi connectivity index (χ3n) is 3.16. The minimum atomic E-state index is 0.309. The summed E-state index contributed by atoms with van der Waals surface area (Å²) in [5.74, 6) is 0. The second kappa shape index (κ2) is 6.16. The van der Waals surface area contributed by atoms with Crippen LogP contribution in [0.2, 0.25) is 0 Å². The minimum absolute atomic E-state index is 0.309. The van der Waals surface area contributed by atoms with Crippen LogP contribution in [-0.4, -0.2) is 24.4 Å². The molecule has 1 heterocycles. The van der Waals surface area contributed by atoms with Gasteiger partial charge < -0.3 is 15.4 Å². The second-order valence-electron chi connectivity index (χ2n) is 4.79. The van der Waals surface area contributed by atoms with Crippen molar-refractivity contribution in [3.8, 4) is 0 Å². The lowest BCUT2D eigenvalue weighted by Crippen LogP contribution is -2.35. The molecular formula is C14H20N2OS. The van der Waals surface area contributed by atoms with Gasteiger partial charge in [0.25, 0.3) is 0 Å². The molecule has 3 nitrogen and oxygen atoms in total. The molecule has 0 aromatic heterocycles. The molecule has 0 radical (unpaired) electrons. The van der Waals surface area contributed by atoms with Crippen LogP contribution in [0.25, 0.3) is 0 Å². The lowest BCUT2D eigenvalue weighted by atomic mass is 10.1. The molecule has 0 aliphatic carbocycles. The van der Waals surface area contributed by atoms with Gasteiger partial charge in [-0.05, 0) is 56.1 Å². The molecule has 1 aliphatic heterocycles. The molecule has 0 amide bonds. The summed E-state index contributed by atoms with van der Waals surface area (Å²) in [6.07, 6.45) is 2.59. The third kappa shape index (κ3) is 3.68. The molecule has 1 aromatic rings.